The Morgan fingerprint density at radius 3 is 2.28 bits per heavy atom. The van der Waals surface area contributed by atoms with Crippen LogP contribution in [0.1, 0.15) is 13.8 Å². The Balaban J connectivity index is 2.15. The van der Waals surface area contributed by atoms with Gasteiger partial charge in [-0.3, -0.25) is 14.9 Å². The molecule has 0 aromatic heterocycles. The molecule has 0 saturated carbocycles. The third-order valence-corrected chi connectivity index (χ3v) is 6.18. The summed E-state index contributed by atoms with van der Waals surface area (Å²) in [5.41, 5.74) is 5.40. The van der Waals surface area contributed by atoms with Crippen molar-refractivity contribution in [2.45, 2.75) is 24.8 Å². The molecule has 9 nitrogen and oxygen atoms in total. The molecule has 0 bridgehead atoms. The fourth-order valence-electron chi connectivity index (χ4n) is 2.61. The molecule has 1 atom stereocenters. The van der Waals surface area contributed by atoms with E-state index in [-0.39, 0.29) is 42.9 Å². The van der Waals surface area contributed by atoms with Gasteiger partial charge in [0.2, 0.25) is 15.9 Å². The number of benzene rings is 1. The molecular formula is C15H22N4O5S. The number of carbonyl (C=O) groups is 1. The van der Waals surface area contributed by atoms with Crippen LogP contribution in [0.15, 0.2) is 29.2 Å². The summed E-state index contributed by atoms with van der Waals surface area (Å²) in [5.74, 6) is -0.223. The monoisotopic (exact) mass is 370 g/mol. The Morgan fingerprint density at radius 1 is 1.20 bits per heavy atom. The minimum absolute atomic E-state index is 0.0127. The summed E-state index contributed by atoms with van der Waals surface area (Å²) >= 11 is 0. The first-order valence-electron chi connectivity index (χ1n) is 7.94. The number of para-hydroxylation sites is 1. The summed E-state index contributed by atoms with van der Waals surface area (Å²) in [6.07, 6.45) is 0. The number of amides is 1. The van der Waals surface area contributed by atoms with Gasteiger partial charge in [-0.1, -0.05) is 26.0 Å². The van der Waals surface area contributed by atoms with Crippen LogP contribution in [0.2, 0.25) is 0 Å². The number of carbonyl (C=O) groups excluding carboxylic acids is 1. The molecule has 1 saturated heterocycles. The van der Waals surface area contributed by atoms with Gasteiger partial charge in [0.15, 0.2) is 4.90 Å². The molecular weight excluding hydrogens is 348 g/mol. The van der Waals surface area contributed by atoms with E-state index in [9.17, 15) is 23.3 Å². The Bertz CT molecular complexity index is 757. The van der Waals surface area contributed by atoms with Gasteiger partial charge in [0.05, 0.1) is 11.0 Å². The molecule has 0 spiro atoms. The second kappa shape index (κ2) is 7.46. The first-order valence-corrected chi connectivity index (χ1v) is 9.38. The molecule has 0 unspecified atom stereocenters. The van der Waals surface area contributed by atoms with Gasteiger partial charge in [-0.05, 0) is 12.0 Å². The van der Waals surface area contributed by atoms with Gasteiger partial charge >= 0.3 is 0 Å². The van der Waals surface area contributed by atoms with Crippen molar-refractivity contribution in [3.8, 4) is 0 Å². The van der Waals surface area contributed by atoms with E-state index in [1.54, 1.807) is 0 Å². The van der Waals surface area contributed by atoms with E-state index < -0.39 is 26.7 Å². The summed E-state index contributed by atoms with van der Waals surface area (Å²) in [4.78, 5) is 23.8. The molecule has 1 fully saturated rings. The third-order valence-electron chi connectivity index (χ3n) is 4.23. The summed E-state index contributed by atoms with van der Waals surface area (Å²) in [6, 6.07) is 4.62. The highest BCUT2D eigenvalue weighted by Gasteiger charge is 2.35. The molecule has 1 heterocycles. The van der Waals surface area contributed by atoms with Crippen LogP contribution in [-0.2, 0) is 14.8 Å². The topological polar surface area (TPSA) is 127 Å². The maximum absolute atomic E-state index is 12.7. The zero-order chi connectivity index (χ0) is 18.8. The van der Waals surface area contributed by atoms with Gasteiger partial charge in [0.1, 0.15) is 0 Å². The van der Waals surface area contributed by atoms with Crippen molar-refractivity contribution < 1.29 is 18.1 Å². The zero-order valence-electron chi connectivity index (χ0n) is 14.2. The fraction of sp³-hybridized carbons (Fsp3) is 0.533. The predicted molar refractivity (Wildman–Crippen MR) is 91.2 cm³/mol. The largest absolute Gasteiger partial charge is 0.339 e. The summed E-state index contributed by atoms with van der Waals surface area (Å²) in [5, 5.41) is 11.1. The van der Waals surface area contributed by atoms with Gasteiger partial charge < -0.3 is 10.6 Å². The predicted octanol–water partition coefficient (Wildman–Crippen LogP) is 0.411. The van der Waals surface area contributed by atoms with Crippen molar-refractivity contribution in [3.63, 3.8) is 0 Å². The highest BCUT2D eigenvalue weighted by molar-refractivity contribution is 7.89. The average Bonchev–Trinajstić information content (AvgIpc) is 2.60. The van der Waals surface area contributed by atoms with E-state index >= 15 is 0 Å². The highest BCUT2D eigenvalue weighted by atomic mass is 32.2. The summed E-state index contributed by atoms with van der Waals surface area (Å²) < 4.78 is 26.6. The Hall–Kier alpha value is -2.04. The lowest BCUT2D eigenvalue weighted by molar-refractivity contribution is -0.387. The van der Waals surface area contributed by atoms with Crippen LogP contribution in [-0.4, -0.2) is 60.7 Å². The summed E-state index contributed by atoms with van der Waals surface area (Å²) in [6.45, 7) is 4.25. The number of sulfonamides is 1. The van der Waals surface area contributed by atoms with E-state index in [1.165, 1.54) is 27.4 Å². The van der Waals surface area contributed by atoms with Crippen molar-refractivity contribution in [2.75, 3.05) is 26.2 Å². The second-order valence-electron chi connectivity index (χ2n) is 6.22. The average molecular weight is 370 g/mol. The lowest BCUT2D eigenvalue weighted by atomic mass is 10.0. The third kappa shape index (κ3) is 3.97. The molecule has 10 heteroatoms. The minimum atomic E-state index is -4.00. The van der Waals surface area contributed by atoms with Gasteiger partial charge in [-0.15, -0.1) is 0 Å². The molecule has 1 amide bonds. The van der Waals surface area contributed by atoms with Gasteiger partial charge in [-0.2, -0.15) is 4.31 Å². The van der Waals surface area contributed by atoms with E-state index in [4.69, 9.17) is 5.73 Å². The molecule has 0 radical (unpaired) electrons. The molecule has 1 aromatic carbocycles. The normalized spacial score (nSPS) is 17.5. The Labute approximate surface area is 146 Å². The fourth-order valence-corrected chi connectivity index (χ4v) is 4.19. The number of nitrogens with two attached hydrogens (primary N) is 1. The molecule has 25 heavy (non-hydrogen) atoms. The lowest BCUT2D eigenvalue weighted by Gasteiger charge is -2.35. The molecule has 0 aliphatic carbocycles. The lowest BCUT2D eigenvalue weighted by Crippen LogP contribution is -2.55. The Morgan fingerprint density at radius 2 is 1.76 bits per heavy atom. The van der Waals surface area contributed by atoms with Gasteiger partial charge in [0, 0.05) is 32.2 Å². The van der Waals surface area contributed by atoms with Gasteiger partial charge in [0.25, 0.3) is 5.69 Å². The van der Waals surface area contributed by atoms with Crippen molar-refractivity contribution >= 4 is 21.6 Å². The van der Waals surface area contributed by atoms with Crippen LogP contribution in [0.4, 0.5) is 5.69 Å². The van der Waals surface area contributed by atoms with Crippen LogP contribution in [0.25, 0.3) is 0 Å². The van der Waals surface area contributed by atoms with Crippen LogP contribution in [0.3, 0.4) is 0 Å². The standard InChI is InChI=1S/C15H22N4O5S/c1-11(2)14(16)15(20)17-7-9-18(10-8-17)25(23,24)13-6-4-3-5-12(13)19(21)22/h3-6,11,14H,7-10,16H2,1-2H3/t14-/m0/s1. The van der Waals surface area contributed by atoms with E-state index in [2.05, 4.69) is 0 Å². The number of rotatable bonds is 5. The van der Waals surface area contributed by atoms with E-state index in [0.29, 0.717) is 0 Å². The van der Waals surface area contributed by atoms with E-state index in [0.717, 1.165) is 6.07 Å². The van der Waals surface area contributed by atoms with Crippen LogP contribution < -0.4 is 5.73 Å². The second-order valence-corrected chi connectivity index (χ2v) is 8.13. The van der Waals surface area contributed by atoms with Crippen molar-refractivity contribution in [1.29, 1.82) is 0 Å². The van der Waals surface area contributed by atoms with Crippen LogP contribution in [0, 0.1) is 16.0 Å². The molecule has 2 N–H and O–H groups in total. The minimum Gasteiger partial charge on any atom is -0.339 e. The van der Waals surface area contributed by atoms with E-state index in [1.807, 2.05) is 13.8 Å². The molecule has 1 aliphatic rings. The SMILES string of the molecule is CC(C)[C@H](N)C(=O)N1CCN(S(=O)(=O)c2ccccc2[N+](=O)[O-])CC1. The Kier molecular flexibility index (Phi) is 5.76. The zero-order valence-corrected chi connectivity index (χ0v) is 15.0. The highest BCUT2D eigenvalue weighted by Crippen LogP contribution is 2.27. The molecule has 138 valence electrons. The smallest absolute Gasteiger partial charge is 0.289 e. The molecule has 1 aromatic rings. The van der Waals surface area contributed by atoms with Gasteiger partial charge in [-0.25, -0.2) is 8.42 Å². The van der Waals surface area contributed by atoms with Crippen molar-refractivity contribution in [2.24, 2.45) is 11.7 Å². The first kappa shape index (κ1) is 19.3. The number of piperazine rings is 1. The van der Waals surface area contributed by atoms with Crippen LogP contribution in [0.5, 0.6) is 0 Å². The maximum Gasteiger partial charge on any atom is 0.289 e. The number of nitro groups is 1. The number of hydrogen-bond donors (Lipinski definition) is 1. The maximum atomic E-state index is 12.7. The summed E-state index contributed by atoms with van der Waals surface area (Å²) in [7, 11) is -4.00. The number of hydrogen-bond acceptors (Lipinski definition) is 6. The quantitative estimate of drug-likeness (QED) is 0.591. The van der Waals surface area contributed by atoms with Crippen molar-refractivity contribution in [3.05, 3.63) is 34.4 Å². The molecule has 2 rings (SSSR count). The number of nitrogens with zero attached hydrogens (tertiary/aromatic N) is 3. The van der Waals surface area contributed by atoms with Crippen molar-refractivity contribution in [1.82, 2.24) is 9.21 Å². The number of nitro benzene ring substituents is 1. The van der Waals surface area contributed by atoms with Crippen LogP contribution >= 0.6 is 0 Å². The molecule has 1 aliphatic heterocycles. The first-order chi connectivity index (χ1) is 11.7.